The number of fused-ring (bicyclic) bond motifs is 1. The molecular formula is C30H23N5O3. The zero-order valence-electron chi connectivity index (χ0n) is 20.5. The van der Waals surface area contributed by atoms with E-state index in [-0.39, 0.29) is 16.9 Å². The van der Waals surface area contributed by atoms with E-state index in [1.807, 2.05) is 78.9 Å². The quantitative estimate of drug-likeness (QED) is 0.322. The molecule has 0 saturated carbocycles. The number of benzene rings is 4. The van der Waals surface area contributed by atoms with E-state index in [2.05, 4.69) is 20.6 Å². The fourth-order valence-electron chi connectivity index (χ4n) is 4.74. The number of nitrogens with zero attached hydrogens (tertiary/aromatic N) is 4. The zero-order valence-corrected chi connectivity index (χ0v) is 20.5. The zero-order chi connectivity index (χ0) is 26.1. The Morgan fingerprint density at radius 3 is 2.32 bits per heavy atom. The molecule has 2 N–H and O–H groups in total. The second-order valence-electron chi connectivity index (χ2n) is 8.84. The van der Waals surface area contributed by atoms with Gasteiger partial charge in [-0.3, -0.25) is 4.79 Å². The number of ether oxygens (including phenoxy) is 1. The van der Waals surface area contributed by atoms with Gasteiger partial charge in [-0.2, -0.15) is 5.21 Å². The van der Waals surface area contributed by atoms with Gasteiger partial charge in [0, 0.05) is 17.0 Å². The molecule has 6 rings (SSSR count). The van der Waals surface area contributed by atoms with Gasteiger partial charge in [-0.15, -0.1) is 10.2 Å². The summed E-state index contributed by atoms with van der Waals surface area (Å²) >= 11 is 0. The molecule has 0 radical (unpaired) electrons. The molecule has 0 amide bonds. The number of aromatic amines is 1. The lowest BCUT2D eigenvalue weighted by molar-refractivity contribution is 0.415. The monoisotopic (exact) mass is 501 g/mol. The van der Waals surface area contributed by atoms with E-state index in [0.717, 1.165) is 22.3 Å². The Morgan fingerprint density at radius 2 is 1.61 bits per heavy atom. The molecule has 8 nitrogen and oxygen atoms in total. The van der Waals surface area contributed by atoms with Gasteiger partial charge in [0.1, 0.15) is 11.5 Å². The van der Waals surface area contributed by atoms with Gasteiger partial charge in [0.15, 0.2) is 0 Å². The molecule has 2 heterocycles. The maximum atomic E-state index is 13.8. The van der Waals surface area contributed by atoms with E-state index in [0.29, 0.717) is 34.6 Å². The highest BCUT2D eigenvalue weighted by Gasteiger charge is 2.19. The summed E-state index contributed by atoms with van der Waals surface area (Å²) in [5.74, 6) is 1.09. The molecule has 0 aliphatic heterocycles. The smallest absolute Gasteiger partial charge is 0.263 e. The van der Waals surface area contributed by atoms with Crippen LogP contribution >= 0.6 is 0 Å². The second kappa shape index (κ2) is 9.67. The molecular weight excluding hydrogens is 478 g/mol. The lowest BCUT2D eigenvalue weighted by Gasteiger charge is -2.16. The van der Waals surface area contributed by atoms with Crippen molar-refractivity contribution in [2.75, 3.05) is 7.11 Å². The van der Waals surface area contributed by atoms with Crippen molar-refractivity contribution in [2.24, 2.45) is 0 Å². The lowest BCUT2D eigenvalue weighted by Crippen LogP contribution is -2.23. The Morgan fingerprint density at radius 1 is 0.868 bits per heavy atom. The van der Waals surface area contributed by atoms with Crippen molar-refractivity contribution >= 4 is 10.9 Å². The summed E-state index contributed by atoms with van der Waals surface area (Å²) in [6.45, 7) is 0.315. The average Bonchev–Trinajstić information content (AvgIpc) is 3.51. The van der Waals surface area contributed by atoms with E-state index < -0.39 is 0 Å². The Bertz CT molecular complexity index is 1800. The minimum atomic E-state index is -0.277. The SMILES string of the molecule is COc1ccc2c(O)c(-c3ccccc3)c(=O)n(Cc3ccc(-c4ccccc4-c4nn[nH]n4)cc3)c2c1. The van der Waals surface area contributed by atoms with E-state index in [1.54, 1.807) is 29.9 Å². The first-order valence-electron chi connectivity index (χ1n) is 12.0. The van der Waals surface area contributed by atoms with Crippen molar-refractivity contribution in [2.45, 2.75) is 6.54 Å². The number of methoxy groups -OCH3 is 1. The summed E-state index contributed by atoms with van der Waals surface area (Å²) in [6, 6.07) is 30.5. The normalized spacial score (nSPS) is 11.1. The number of hydrogen-bond donors (Lipinski definition) is 2. The summed E-state index contributed by atoms with van der Waals surface area (Å²) in [5, 5.41) is 26.1. The van der Waals surface area contributed by atoms with Crippen LogP contribution in [0.3, 0.4) is 0 Å². The van der Waals surface area contributed by atoms with Gasteiger partial charge in [-0.1, -0.05) is 78.9 Å². The largest absolute Gasteiger partial charge is 0.506 e. The van der Waals surface area contributed by atoms with E-state index in [9.17, 15) is 9.90 Å². The third kappa shape index (κ3) is 4.08. The van der Waals surface area contributed by atoms with Crippen LogP contribution in [0.25, 0.3) is 44.5 Å². The van der Waals surface area contributed by atoms with Crippen molar-refractivity contribution in [3.8, 4) is 45.1 Å². The molecule has 0 spiro atoms. The molecule has 0 unspecified atom stereocenters. The molecule has 4 aromatic carbocycles. The predicted molar refractivity (Wildman–Crippen MR) is 146 cm³/mol. The Hall–Kier alpha value is -5.24. The molecule has 0 saturated heterocycles. The van der Waals surface area contributed by atoms with Gasteiger partial charge in [0.05, 0.1) is 24.7 Å². The Kier molecular flexibility index (Phi) is 5.89. The van der Waals surface area contributed by atoms with Gasteiger partial charge >= 0.3 is 0 Å². The molecule has 8 heteroatoms. The van der Waals surface area contributed by atoms with Crippen LogP contribution in [0.2, 0.25) is 0 Å². The summed E-state index contributed by atoms with van der Waals surface area (Å²) in [5.41, 5.74) is 5.02. The molecule has 2 aromatic heterocycles. The van der Waals surface area contributed by atoms with Gasteiger partial charge < -0.3 is 14.4 Å². The van der Waals surface area contributed by atoms with Crippen LogP contribution in [-0.4, -0.2) is 37.4 Å². The van der Waals surface area contributed by atoms with Crippen molar-refractivity contribution in [3.63, 3.8) is 0 Å². The number of pyridine rings is 1. The van der Waals surface area contributed by atoms with E-state index >= 15 is 0 Å². The van der Waals surface area contributed by atoms with Gasteiger partial charge in [-0.25, -0.2) is 0 Å². The summed E-state index contributed by atoms with van der Waals surface area (Å²) < 4.78 is 7.10. The van der Waals surface area contributed by atoms with Crippen molar-refractivity contribution in [3.05, 3.63) is 113 Å². The van der Waals surface area contributed by atoms with Gasteiger partial charge in [-0.05, 0) is 39.6 Å². The van der Waals surface area contributed by atoms with Crippen molar-refractivity contribution < 1.29 is 9.84 Å². The third-order valence-corrected chi connectivity index (χ3v) is 6.63. The first kappa shape index (κ1) is 23.2. The van der Waals surface area contributed by atoms with Crippen LogP contribution in [0.15, 0.2) is 102 Å². The van der Waals surface area contributed by atoms with Crippen LogP contribution in [0, 0.1) is 0 Å². The topological polar surface area (TPSA) is 106 Å². The first-order chi connectivity index (χ1) is 18.6. The average molecular weight is 502 g/mol. The maximum Gasteiger partial charge on any atom is 0.263 e. The van der Waals surface area contributed by atoms with Crippen LogP contribution in [-0.2, 0) is 6.54 Å². The highest BCUT2D eigenvalue weighted by Crippen LogP contribution is 2.35. The number of rotatable bonds is 6. The molecule has 0 fully saturated rings. The fraction of sp³-hybridized carbons (Fsp3) is 0.0667. The van der Waals surface area contributed by atoms with Crippen LogP contribution in [0.4, 0.5) is 0 Å². The summed E-state index contributed by atoms with van der Waals surface area (Å²) in [4.78, 5) is 13.8. The molecule has 0 atom stereocenters. The molecule has 186 valence electrons. The Balaban J connectivity index is 1.45. The number of tetrazole rings is 1. The van der Waals surface area contributed by atoms with E-state index in [1.165, 1.54) is 0 Å². The lowest BCUT2D eigenvalue weighted by atomic mass is 9.98. The molecule has 38 heavy (non-hydrogen) atoms. The number of H-pyrrole nitrogens is 1. The molecule has 0 bridgehead atoms. The molecule has 6 aromatic rings. The molecule has 0 aliphatic rings. The minimum absolute atomic E-state index is 0.0384. The van der Waals surface area contributed by atoms with Crippen molar-refractivity contribution in [1.82, 2.24) is 25.2 Å². The fourth-order valence-corrected chi connectivity index (χ4v) is 4.74. The Labute approximate surface area is 217 Å². The summed E-state index contributed by atoms with van der Waals surface area (Å²) in [7, 11) is 1.58. The van der Waals surface area contributed by atoms with Crippen LogP contribution in [0.1, 0.15) is 5.56 Å². The molecule has 0 aliphatic carbocycles. The first-order valence-corrected chi connectivity index (χ1v) is 12.0. The van der Waals surface area contributed by atoms with Gasteiger partial charge in [0.2, 0.25) is 5.82 Å². The predicted octanol–water partition coefficient (Wildman–Crippen LogP) is 5.28. The van der Waals surface area contributed by atoms with Gasteiger partial charge in [0.25, 0.3) is 5.56 Å². The number of aromatic hydroxyl groups is 1. The van der Waals surface area contributed by atoms with Crippen LogP contribution in [0.5, 0.6) is 11.5 Å². The van der Waals surface area contributed by atoms with E-state index in [4.69, 9.17) is 4.74 Å². The highest BCUT2D eigenvalue weighted by atomic mass is 16.5. The van der Waals surface area contributed by atoms with Crippen LogP contribution < -0.4 is 10.3 Å². The number of nitrogens with one attached hydrogen (secondary N) is 1. The maximum absolute atomic E-state index is 13.8. The summed E-state index contributed by atoms with van der Waals surface area (Å²) in [6.07, 6.45) is 0. The highest BCUT2D eigenvalue weighted by molar-refractivity contribution is 5.93. The minimum Gasteiger partial charge on any atom is -0.506 e. The standard InChI is InChI=1S/C30H23N5O3/c1-38-22-15-16-25-26(17-22)35(30(37)27(28(25)36)21-7-3-2-4-8-21)18-19-11-13-20(14-12-19)23-9-5-6-10-24(23)29-31-33-34-32-29/h2-17,36H,18H2,1H3,(H,31,32,33,34). The number of aromatic nitrogens is 5. The third-order valence-electron chi connectivity index (χ3n) is 6.63. The number of hydrogen-bond acceptors (Lipinski definition) is 6. The second-order valence-corrected chi connectivity index (χ2v) is 8.84. The van der Waals surface area contributed by atoms with Crippen molar-refractivity contribution in [1.29, 1.82) is 0 Å².